The summed E-state index contributed by atoms with van der Waals surface area (Å²) in [7, 11) is 3.14. The Bertz CT molecular complexity index is 265. The number of oxime groups is 1. The zero-order valence-electron chi connectivity index (χ0n) is 7.94. The lowest BCUT2D eigenvalue weighted by atomic mass is 10.6. The third-order valence-electron chi connectivity index (χ3n) is 1.40. The molecule has 0 radical (unpaired) electrons. The summed E-state index contributed by atoms with van der Waals surface area (Å²) in [6.07, 6.45) is -0.532. The molecule has 0 aromatic carbocycles. The second-order valence-electron chi connectivity index (χ2n) is 2.80. The molecule has 0 aliphatic carbocycles. The molecule has 0 unspecified atom stereocenters. The Morgan fingerprint density at radius 2 is 2.36 bits per heavy atom. The van der Waals surface area contributed by atoms with Crippen LogP contribution in [0.5, 0.6) is 0 Å². The molecule has 1 rings (SSSR count). The minimum absolute atomic E-state index is 0.0344. The van der Waals surface area contributed by atoms with E-state index in [4.69, 9.17) is 0 Å². The van der Waals surface area contributed by atoms with Crippen LogP contribution in [0.4, 0.5) is 4.79 Å². The van der Waals surface area contributed by atoms with Crippen molar-refractivity contribution in [1.29, 1.82) is 0 Å². The minimum atomic E-state index is -0.532. The largest absolute Gasteiger partial charge is 0.435 e. The first-order valence-electron chi connectivity index (χ1n) is 3.94. The Balaban J connectivity index is 2.38. The van der Waals surface area contributed by atoms with Crippen LogP contribution in [0.1, 0.15) is 0 Å². The Morgan fingerprint density at radius 3 is 2.86 bits per heavy atom. The molecular weight excluding hydrogens is 206 g/mol. The van der Waals surface area contributed by atoms with Gasteiger partial charge >= 0.3 is 6.09 Å². The van der Waals surface area contributed by atoms with E-state index in [9.17, 15) is 9.59 Å². The summed E-state index contributed by atoms with van der Waals surface area (Å²) >= 11 is 1.27. The highest BCUT2D eigenvalue weighted by atomic mass is 32.2. The van der Waals surface area contributed by atoms with Gasteiger partial charge in [-0.2, -0.15) is 0 Å². The Labute approximate surface area is 85.6 Å². The average molecular weight is 217 g/mol. The van der Waals surface area contributed by atoms with Gasteiger partial charge in [0.25, 0.3) is 0 Å². The highest BCUT2D eigenvalue weighted by Gasteiger charge is 2.14. The minimum Gasteiger partial charge on any atom is -0.349 e. The van der Waals surface area contributed by atoms with Gasteiger partial charge in [0.15, 0.2) is 0 Å². The van der Waals surface area contributed by atoms with Crippen molar-refractivity contribution < 1.29 is 14.4 Å². The molecular formula is C7H11N3O3S. The van der Waals surface area contributed by atoms with E-state index in [1.165, 1.54) is 16.7 Å². The van der Waals surface area contributed by atoms with Gasteiger partial charge in [-0.25, -0.2) is 4.79 Å². The van der Waals surface area contributed by atoms with E-state index in [-0.39, 0.29) is 5.91 Å². The van der Waals surface area contributed by atoms with Crippen LogP contribution in [-0.2, 0) is 9.63 Å². The van der Waals surface area contributed by atoms with Crippen molar-refractivity contribution in [2.24, 2.45) is 5.16 Å². The predicted molar refractivity (Wildman–Crippen MR) is 53.1 cm³/mol. The Hall–Kier alpha value is -1.24. The molecule has 0 aromatic heterocycles. The second kappa shape index (κ2) is 4.85. The quantitative estimate of drug-likeness (QED) is 0.490. The fourth-order valence-electron chi connectivity index (χ4n) is 0.655. The van der Waals surface area contributed by atoms with Gasteiger partial charge in [0, 0.05) is 14.1 Å². The predicted octanol–water partition coefficient (Wildman–Crippen LogP) is -0.139. The van der Waals surface area contributed by atoms with Crippen LogP contribution < -0.4 is 5.32 Å². The molecule has 2 amide bonds. The summed E-state index contributed by atoms with van der Waals surface area (Å²) in [5.74, 6) is 0.283. The summed E-state index contributed by atoms with van der Waals surface area (Å²) in [6, 6.07) is 0. The summed E-state index contributed by atoms with van der Waals surface area (Å²) in [4.78, 5) is 27.6. The number of hydrogen-bond acceptors (Lipinski definition) is 5. The van der Waals surface area contributed by atoms with Crippen LogP contribution in [0.15, 0.2) is 5.16 Å². The lowest BCUT2D eigenvalue weighted by molar-refractivity contribution is -0.118. The lowest BCUT2D eigenvalue weighted by Gasteiger charge is -2.13. The van der Waals surface area contributed by atoms with Crippen molar-refractivity contribution in [3.63, 3.8) is 0 Å². The topological polar surface area (TPSA) is 71.0 Å². The van der Waals surface area contributed by atoms with E-state index in [1.807, 2.05) is 0 Å². The molecule has 1 saturated heterocycles. The smallest absolute Gasteiger partial charge is 0.349 e. The standard InChI is InChI=1S/C7H11N3O3S/c1-10(2)7(12)13-9-6-3-8-5(11)4-14-6/h3-4H2,1-2H3,(H,8,11). The van der Waals surface area contributed by atoms with Crippen molar-refractivity contribution in [3.05, 3.63) is 0 Å². The van der Waals surface area contributed by atoms with Gasteiger partial charge < -0.3 is 10.2 Å². The van der Waals surface area contributed by atoms with E-state index in [0.29, 0.717) is 17.3 Å². The SMILES string of the molecule is CN(C)C(=O)ON=C1CNC(=O)CS1. The molecule has 0 aromatic rings. The highest BCUT2D eigenvalue weighted by Crippen LogP contribution is 2.08. The van der Waals surface area contributed by atoms with E-state index >= 15 is 0 Å². The molecule has 1 fully saturated rings. The fourth-order valence-corrected chi connectivity index (χ4v) is 1.32. The van der Waals surface area contributed by atoms with E-state index in [2.05, 4.69) is 15.3 Å². The number of rotatable bonds is 1. The molecule has 0 atom stereocenters. The van der Waals surface area contributed by atoms with Crippen LogP contribution in [0.3, 0.4) is 0 Å². The summed E-state index contributed by atoms with van der Waals surface area (Å²) in [5, 5.41) is 6.80. The molecule has 0 bridgehead atoms. The first-order valence-corrected chi connectivity index (χ1v) is 4.93. The third kappa shape index (κ3) is 3.25. The number of amides is 2. The number of carbonyl (C=O) groups is 2. The van der Waals surface area contributed by atoms with Crippen molar-refractivity contribution in [2.75, 3.05) is 26.4 Å². The van der Waals surface area contributed by atoms with E-state index in [1.54, 1.807) is 14.1 Å². The molecule has 0 saturated carbocycles. The number of carbonyl (C=O) groups excluding carboxylic acids is 2. The molecule has 7 heteroatoms. The monoisotopic (exact) mass is 217 g/mol. The van der Waals surface area contributed by atoms with Gasteiger partial charge in [-0.3, -0.25) is 9.63 Å². The number of nitrogens with zero attached hydrogens (tertiary/aromatic N) is 2. The molecule has 1 N–H and O–H groups in total. The van der Waals surface area contributed by atoms with Crippen molar-refractivity contribution >= 4 is 28.8 Å². The normalized spacial score (nSPS) is 19.0. The first-order chi connectivity index (χ1) is 6.59. The Kier molecular flexibility index (Phi) is 3.75. The van der Waals surface area contributed by atoms with Crippen LogP contribution in [0.2, 0.25) is 0 Å². The van der Waals surface area contributed by atoms with Crippen molar-refractivity contribution in [2.45, 2.75) is 0 Å². The van der Waals surface area contributed by atoms with Crippen LogP contribution in [-0.4, -0.2) is 48.3 Å². The molecule has 0 spiro atoms. The van der Waals surface area contributed by atoms with Crippen LogP contribution in [0, 0.1) is 0 Å². The van der Waals surface area contributed by atoms with Crippen LogP contribution in [0.25, 0.3) is 0 Å². The molecule has 1 aliphatic rings. The fraction of sp³-hybridized carbons (Fsp3) is 0.571. The van der Waals surface area contributed by atoms with Gasteiger partial charge in [-0.15, -0.1) is 0 Å². The molecule has 1 heterocycles. The maximum atomic E-state index is 10.9. The van der Waals surface area contributed by atoms with E-state index in [0.717, 1.165) is 0 Å². The molecule has 78 valence electrons. The first kappa shape index (κ1) is 10.8. The number of hydrogen-bond donors (Lipinski definition) is 1. The van der Waals surface area contributed by atoms with E-state index < -0.39 is 6.09 Å². The van der Waals surface area contributed by atoms with Gasteiger partial charge in [0.2, 0.25) is 5.91 Å². The number of nitrogens with one attached hydrogen (secondary N) is 1. The van der Waals surface area contributed by atoms with Gasteiger partial charge in [-0.05, 0) is 0 Å². The average Bonchev–Trinajstić information content (AvgIpc) is 2.16. The van der Waals surface area contributed by atoms with Crippen molar-refractivity contribution in [3.8, 4) is 0 Å². The Morgan fingerprint density at radius 1 is 1.64 bits per heavy atom. The maximum Gasteiger partial charge on any atom is 0.435 e. The highest BCUT2D eigenvalue weighted by molar-refractivity contribution is 8.14. The van der Waals surface area contributed by atoms with Gasteiger partial charge in [0.05, 0.1) is 12.3 Å². The molecule has 14 heavy (non-hydrogen) atoms. The van der Waals surface area contributed by atoms with Gasteiger partial charge in [0.1, 0.15) is 5.04 Å². The zero-order chi connectivity index (χ0) is 10.6. The second-order valence-corrected chi connectivity index (χ2v) is 3.85. The third-order valence-corrected chi connectivity index (χ3v) is 2.36. The maximum absolute atomic E-state index is 10.9. The van der Waals surface area contributed by atoms with Gasteiger partial charge in [-0.1, -0.05) is 16.9 Å². The molecule has 1 aliphatic heterocycles. The number of thioether (sulfide) groups is 1. The zero-order valence-corrected chi connectivity index (χ0v) is 8.76. The molecule has 6 nitrogen and oxygen atoms in total. The van der Waals surface area contributed by atoms with Crippen molar-refractivity contribution in [1.82, 2.24) is 10.2 Å². The van der Waals surface area contributed by atoms with Crippen LogP contribution >= 0.6 is 11.8 Å². The summed E-state index contributed by atoms with van der Waals surface area (Å²) < 4.78 is 0. The lowest BCUT2D eigenvalue weighted by Crippen LogP contribution is -2.35. The summed E-state index contributed by atoms with van der Waals surface area (Å²) in [6.45, 7) is 0.324. The summed E-state index contributed by atoms with van der Waals surface area (Å²) in [5.41, 5.74) is 0.